The lowest BCUT2D eigenvalue weighted by Crippen LogP contribution is -2.14. The number of nitrogens with one attached hydrogen (secondary N) is 1. The summed E-state index contributed by atoms with van der Waals surface area (Å²) in [6, 6.07) is 11.0. The molecule has 0 saturated heterocycles. The SMILES string of the molecule is FC(F)(F)c1nnc2ccc(NCCCc3cccc(Br)c3)nn12. The third-order valence-corrected chi connectivity index (χ3v) is 3.85. The maximum atomic E-state index is 12.8. The van der Waals surface area contributed by atoms with E-state index in [1.165, 1.54) is 11.6 Å². The van der Waals surface area contributed by atoms with E-state index in [1.807, 2.05) is 24.3 Å². The maximum Gasteiger partial charge on any atom is 0.453 e. The van der Waals surface area contributed by atoms with Crippen LogP contribution < -0.4 is 5.32 Å². The van der Waals surface area contributed by atoms with Gasteiger partial charge in [0.1, 0.15) is 5.82 Å². The number of nitrogens with zero attached hydrogens (tertiary/aromatic N) is 4. The minimum atomic E-state index is -4.59. The van der Waals surface area contributed by atoms with Gasteiger partial charge in [-0.05, 0) is 42.7 Å². The van der Waals surface area contributed by atoms with E-state index in [4.69, 9.17) is 0 Å². The van der Waals surface area contributed by atoms with Gasteiger partial charge in [-0.1, -0.05) is 28.1 Å². The van der Waals surface area contributed by atoms with Crippen LogP contribution in [-0.2, 0) is 12.6 Å². The molecule has 0 aliphatic carbocycles. The zero-order chi connectivity index (χ0) is 17.2. The van der Waals surface area contributed by atoms with Gasteiger partial charge in [0.15, 0.2) is 5.65 Å². The smallest absolute Gasteiger partial charge is 0.369 e. The Kier molecular flexibility index (Phi) is 4.70. The van der Waals surface area contributed by atoms with Crippen LogP contribution in [0, 0.1) is 0 Å². The minimum absolute atomic E-state index is 0.0574. The standard InChI is InChI=1S/C15H13BrF3N5/c16-11-5-1-3-10(9-11)4-2-8-20-12-6-7-13-21-22-14(15(17,18)19)24(13)23-12/h1,3,5-7,9H,2,4,8H2,(H,20,23). The molecule has 1 aromatic carbocycles. The van der Waals surface area contributed by atoms with Crippen molar-refractivity contribution in [2.75, 3.05) is 11.9 Å². The van der Waals surface area contributed by atoms with E-state index in [0.29, 0.717) is 16.9 Å². The number of benzene rings is 1. The number of hydrogen-bond acceptors (Lipinski definition) is 4. The second-order valence-electron chi connectivity index (χ2n) is 5.17. The lowest BCUT2D eigenvalue weighted by molar-refractivity contribution is -0.146. The summed E-state index contributed by atoms with van der Waals surface area (Å²) in [5.41, 5.74) is 1.25. The molecule has 0 radical (unpaired) electrons. The van der Waals surface area contributed by atoms with Crippen LogP contribution >= 0.6 is 15.9 Å². The zero-order valence-electron chi connectivity index (χ0n) is 12.4. The van der Waals surface area contributed by atoms with Crippen molar-refractivity contribution in [3.05, 3.63) is 52.3 Å². The highest BCUT2D eigenvalue weighted by Crippen LogP contribution is 2.27. The van der Waals surface area contributed by atoms with Crippen LogP contribution in [0.3, 0.4) is 0 Å². The highest BCUT2D eigenvalue weighted by molar-refractivity contribution is 9.10. The van der Waals surface area contributed by atoms with Crippen LogP contribution in [0.2, 0.25) is 0 Å². The molecule has 0 fully saturated rings. The van der Waals surface area contributed by atoms with Crippen molar-refractivity contribution in [1.29, 1.82) is 0 Å². The van der Waals surface area contributed by atoms with Crippen molar-refractivity contribution >= 4 is 27.4 Å². The average molecular weight is 400 g/mol. The first-order valence-electron chi connectivity index (χ1n) is 7.21. The first-order chi connectivity index (χ1) is 11.4. The van der Waals surface area contributed by atoms with Gasteiger partial charge in [0.2, 0.25) is 0 Å². The molecule has 0 aliphatic rings. The Balaban J connectivity index is 1.63. The number of anilines is 1. The highest BCUT2D eigenvalue weighted by atomic mass is 79.9. The van der Waals surface area contributed by atoms with Gasteiger partial charge in [-0.15, -0.1) is 15.3 Å². The van der Waals surface area contributed by atoms with Crippen molar-refractivity contribution in [3.63, 3.8) is 0 Å². The molecule has 0 unspecified atom stereocenters. The van der Waals surface area contributed by atoms with Crippen LogP contribution in [-0.4, -0.2) is 26.4 Å². The van der Waals surface area contributed by atoms with Gasteiger partial charge < -0.3 is 5.32 Å². The second kappa shape index (κ2) is 6.76. The number of halogens is 4. The number of rotatable bonds is 5. The van der Waals surface area contributed by atoms with Crippen LogP contribution in [0.15, 0.2) is 40.9 Å². The van der Waals surface area contributed by atoms with Crippen LogP contribution in [0.5, 0.6) is 0 Å². The van der Waals surface area contributed by atoms with Crippen molar-refractivity contribution in [2.45, 2.75) is 19.0 Å². The zero-order valence-corrected chi connectivity index (χ0v) is 14.0. The lowest BCUT2D eigenvalue weighted by Gasteiger charge is -2.07. The molecule has 2 heterocycles. The van der Waals surface area contributed by atoms with E-state index in [9.17, 15) is 13.2 Å². The lowest BCUT2D eigenvalue weighted by atomic mass is 10.1. The molecule has 0 bridgehead atoms. The quantitative estimate of drug-likeness (QED) is 0.659. The molecule has 24 heavy (non-hydrogen) atoms. The Labute approximate surface area is 144 Å². The third-order valence-electron chi connectivity index (χ3n) is 3.35. The van der Waals surface area contributed by atoms with Crippen LogP contribution in [0.1, 0.15) is 17.8 Å². The number of fused-ring (bicyclic) bond motifs is 1. The molecular formula is C15H13BrF3N5. The van der Waals surface area contributed by atoms with E-state index in [2.05, 4.69) is 36.5 Å². The molecule has 126 valence electrons. The molecule has 0 atom stereocenters. The number of hydrogen-bond donors (Lipinski definition) is 1. The molecule has 0 aliphatic heterocycles. The van der Waals surface area contributed by atoms with Gasteiger partial charge in [0.25, 0.3) is 5.82 Å². The predicted octanol–water partition coefficient (Wildman–Crippen LogP) is 3.95. The normalized spacial score (nSPS) is 11.8. The summed E-state index contributed by atoms with van der Waals surface area (Å²) in [6.45, 7) is 0.592. The van der Waals surface area contributed by atoms with Gasteiger partial charge in [-0.25, -0.2) is 0 Å². The predicted molar refractivity (Wildman–Crippen MR) is 86.7 cm³/mol. The summed E-state index contributed by atoms with van der Waals surface area (Å²) in [7, 11) is 0. The Bertz CT molecular complexity index is 846. The van der Waals surface area contributed by atoms with Crippen LogP contribution in [0.4, 0.5) is 19.0 Å². The largest absolute Gasteiger partial charge is 0.453 e. The molecule has 0 amide bonds. The third kappa shape index (κ3) is 3.84. The average Bonchev–Trinajstić information content (AvgIpc) is 2.95. The topological polar surface area (TPSA) is 55.1 Å². The van der Waals surface area contributed by atoms with Gasteiger partial charge in [0.05, 0.1) is 0 Å². The molecule has 3 aromatic rings. The molecule has 3 rings (SSSR count). The Morgan fingerprint density at radius 3 is 2.71 bits per heavy atom. The molecule has 2 aromatic heterocycles. The van der Waals surface area contributed by atoms with Crippen LogP contribution in [0.25, 0.3) is 5.65 Å². The summed E-state index contributed by atoms with van der Waals surface area (Å²) >= 11 is 3.42. The molecule has 1 N–H and O–H groups in total. The van der Waals surface area contributed by atoms with Crippen molar-refractivity contribution < 1.29 is 13.2 Å². The molecule has 0 spiro atoms. The molecule has 9 heteroatoms. The fourth-order valence-electron chi connectivity index (χ4n) is 2.26. The number of alkyl halides is 3. The summed E-state index contributed by atoms with van der Waals surface area (Å²) < 4.78 is 40.2. The summed E-state index contributed by atoms with van der Waals surface area (Å²) in [5, 5.41) is 13.6. The van der Waals surface area contributed by atoms with E-state index < -0.39 is 12.0 Å². The van der Waals surface area contributed by atoms with E-state index in [-0.39, 0.29) is 5.65 Å². The van der Waals surface area contributed by atoms with Crippen molar-refractivity contribution in [1.82, 2.24) is 19.8 Å². The van der Waals surface area contributed by atoms with E-state index in [0.717, 1.165) is 17.3 Å². The summed E-state index contributed by atoms with van der Waals surface area (Å²) in [6.07, 6.45) is -2.91. The van der Waals surface area contributed by atoms with E-state index >= 15 is 0 Å². The van der Waals surface area contributed by atoms with E-state index in [1.54, 1.807) is 6.07 Å². The molecule has 5 nitrogen and oxygen atoms in total. The first kappa shape index (κ1) is 16.7. The van der Waals surface area contributed by atoms with Gasteiger partial charge in [-0.3, -0.25) is 0 Å². The Morgan fingerprint density at radius 2 is 1.96 bits per heavy atom. The summed E-state index contributed by atoms with van der Waals surface area (Å²) in [4.78, 5) is 0. The Hall–Kier alpha value is -2.16. The van der Waals surface area contributed by atoms with Gasteiger partial charge in [-0.2, -0.15) is 17.7 Å². The molecular weight excluding hydrogens is 387 g/mol. The highest BCUT2D eigenvalue weighted by Gasteiger charge is 2.37. The van der Waals surface area contributed by atoms with Gasteiger partial charge in [0, 0.05) is 11.0 Å². The number of aromatic nitrogens is 4. The number of aryl methyl sites for hydroxylation is 1. The van der Waals surface area contributed by atoms with Crippen molar-refractivity contribution in [2.24, 2.45) is 0 Å². The monoisotopic (exact) mass is 399 g/mol. The van der Waals surface area contributed by atoms with Gasteiger partial charge >= 0.3 is 6.18 Å². The fraction of sp³-hybridized carbons (Fsp3) is 0.267. The van der Waals surface area contributed by atoms with Crippen molar-refractivity contribution in [3.8, 4) is 0 Å². The second-order valence-corrected chi connectivity index (χ2v) is 6.09. The fourth-order valence-corrected chi connectivity index (χ4v) is 2.71. The maximum absolute atomic E-state index is 12.8. The summed E-state index contributed by atoms with van der Waals surface area (Å²) in [5.74, 6) is -0.780. The molecule has 0 saturated carbocycles. The Morgan fingerprint density at radius 1 is 1.12 bits per heavy atom. The first-order valence-corrected chi connectivity index (χ1v) is 8.01. The minimum Gasteiger partial charge on any atom is -0.369 e.